The number of carbonyl (C=O) groups excluding carboxylic acids is 1. The van der Waals surface area contributed by atoms with Crippen molar-refractivity contribution in [1.29, 1.82) is 0 Å². The molecule has 1 amide bonds. The third-order valence-corrected chi connectivity index (χ3v) is 5.36. The first-order chi connectivity index (χ1) is 13.0. The van der Waals surface area contributed by atoms with Gasteiger partial charge in [-0.2, -0.15) is 0 Å². The van der Waals surface area contributed by atoms with Gasteiger partial charge in [0, 0.05) is 42.8 Å². The van der Waals surface area contributed by atoms with Gasteiger partial charge in [-0.25, -0.2) is 0 Å². The quantitative estimate of drug-likeness (QED) is 0.184. The highest BCUT2D eigenvalue weighted by molar-refractivity contribution is 14.0. The SMILES string of the molecule is CCNC(=NCC(CC)(CC)CCO)NCCC(=O)Nc1ccc(Br)cc1.I. The predicted molar refractivity (Wildman–Crippen MR) is 132 cm³/mol. The van der Waals surface area contributed by atoms with Crippen LogP contribution in [0.1, 0.15) is 46.5 Å². The zero-order valence-electron chi connectivity index (χ0n) is 17.1. The lowest BCUT2D eigenvalue weighted by molar-refractivity contribution is -0.116. The fraction of sp³-hybridized carbons (Fsp3) is 0.600. The van der Waals surface area contributed by atoms with E-state index in [2.05, 4.69) is 50.7 Å². The Hall–Kier alpha value is -0.870. The van der Waals surface area contributed by atoms with Gasteiger partial charge in [0.05, 0.1) is 0 Å². The van der Waals surface area contributed by atoms with E-state index in [-0.39, 0.29) is 41.9 Å². The van der Waals surface area contributed by atoms with Crippen molar-refractivity contribution in [2.75, 3.05) is 31.6 Å². The summed E-state index contributed by atoms with van der Waals surface area (Å²) in [5, 5.41) is 18.7. The Morgan fingerprint density at radius 2 is 1.79 bits per heavy atom. The van der Waals surface area contributed by atoms with Crippen LogP contribution in [0, 0.1) is 5.41 Å². The fourth-order valence-electron chi connectivity index (χ4n) is 2.78. The number of hydrogen-bond donors (Lipinski definition) is 4. The summed E-state index contributed by atoms with van der Waals surface area (Å²) in [4.78, 5) is 16.8. The molecule has 4 N–H and O–H groups in total. The lowest BCUT2D eigenvalue weighted by Crippen LogP contribution is -2.39. The normalized spacial score (nSPS) is 11.5. The van der Waals surface area contributed by atoms with E-state index in [1.54, 1.807) is 0 Å². The minimum atomic E-state index is -0.0441. The molecule has 0 saturated carbocycles. The number of amides is 1. The maximum Gasteiger partial charge on any atom is 0.226 e. The molecule has 8 heteroatoms. The smallest absolute Gasteiger partial charge is 0.226 e. The van der Waals surface area contributed by atoms with E-state index in [0.29, 0.717) is 25.5 Å². The summed E-state index contributed by atoms with van der Waals surface area (Å²) in [5.74, 6) is 0.663. The number of aliphatic hydroxyl groups excluding tert-OH is 1. The summed E-state index contributed by atoms with van der Waals surface area (Å²) < 4.78 is 0.977. The van der Waals surface area contributed by atoms with Gasteiger partial charge in [0.25, 0.3) is 0 Å². The Balaban J connectivity index is 0.00000729. The number of aliphatic imine (C=N–C) groups is 1. The average Bonchev–Trinajstić information content (AvgIpc) is 2.67. The monoisotopic (exact) mass is 568 g/mol. The summed E-state index contributed by atoms with van der Waals surface area (Å²) in [6.45, 7) is 8.38. The number of rotatable bonds is 11. The highest BCUT2D eigenvalue weighted by atomic mass is 127. The van der Waals surface area contributed by atoms with Crippen LogP contribution in [0.5, 0.6) is 0 Å². The van der Waals surface area contributed by atoms with E-state index < -0.39 is 0 Å². The third-order valence-electron chi connectivity index (χ3n) is 4.83. The molecule has 1 aromatic carbocycles. The van der Waals surface area contributed by atoms with Gasteiger partial charge in [0.15, 0.2) is 5.96 Å². The van der Waals surface area contributed by atoms with Crippen molar-refractivity contribution in [3.63, 3.8) is 0 Å². The van der Waals surface area contributed by atoms with Crippen LogP contribution in [0.3, 0.4) is 0 Å². The first-order valence-corrected chi connectivity index (χ1v) is 10.5. The van der Waals surface area contributed by atoms with E-state index in [9.17, 15) is 9.90 Å². The minimum absolute atomic E-state index is 0. The molecule has 0 unspecified atom stereocenters. The maximum atomic E-state index is 12.1. The molecule has 6 nitrogen and oxygen atoms in total. The standard InChI is InChI=1S/C20H33BrN4O2.HI/c1-4-20(5-2,12-14-26)15-24-19(22-6-3)23-13-11-18(27)25-17-9-7-16(21)8-10-17;/h7-10,26H,4-6,11-15H2,1-3H3,(H,25,27)(H2,22,23,24);1H. The average molecular weight is 569 g/mol. The lowest BCUT2D eigenvalue weighted by atomic mass is 9.79. The van der Waals surface area contributed by atoms with Crippen LogP contribution >= 0.6 is 39.9 Å². The van der Waals surface area contributed by atoms with E-state index in [1.165, 1.54) is 0 Å². The predicted octanol–water partition coefficient (Wildman–Crippen LogP) is 4.14. The van der Waals surface area contributed by atoms with Crippen molar-refractivity contribution in [1.82, 2.24) is 10.6 Å². The van der Waals surface area contributed by atoms with Crippen molar-refractivity contribution < 1.29 is 9.90 Å². The number of nitrogens with one attached hydrogen (secondary N) is 3. The van der Waals surface area contributed by atoms with Crippen molar-refractivity contribution in [3.05, 3.63) is 28.7 Å². The zero-order valence-corrected chi connectivity index (χ0v) is 21.0. The van der Waals surface area contributed by atoms with E-state index in [4.69, 9.17) is 0 Å². The molecular formula is C20H34BrIN4O2. The third kappa shape index (κ3) is 10.1. The fourth-order valence-corrected chi connectivity index (χ4v) is 3.05. The van der Waals surface area contributed by atoms with Crippen LogP contribution in [0.4, 0.5) is 5.69 Å². The summed E-state index contributed by atoms with van der Waals surface area (Å²) in [6, 6.07) is 7.50. The van der Waals surface area contributed by atoms with Crippen LogP contribution in [0.15, 0.2) is 33.7 Å². The molecule has 0 aliphatic carbocycles. The summed E-state index contributed by atoms with van der Waals surface area (Å²) in [7, 11) is 0. The van der Waals surface area contributed by atoms with Gasteiger partial charge in [-0.05, 0) is 55.9 Å². The number of benzene rings is 1. The lowest BCUT2D eigenvalue weighted by Gasteiger charge is -2.29. The van der Waals surface area contributed by atoms with Crippen LogP contribution in [0.2, 0.25) is 0 Å². The molecule has 0 atom stereocenters. The van der Waals surface area contributed by atoms with Crippen molar-refractivity contribution in [3.8, 4) is 0 Å². The maximum absolute atomic E-state index is 12.1. The Bertz CT molecular complexity index is 592. The summed E-state index contributed by atoms with van der Waals surface area (Å²) in [5.41, 5.74) is 0.805. The minimum Gasteiger partial charge on any atom is -0.396 e. The first-order valence-electron chi connectivity index (χ1n) is 9.67. The molecule has 0 bridgehead atoms. The number of anilines is 1. The molecule has 1 aromatic rings. The molecule has 0 spiro atoms. The Kier molecular flexibility index (Phi) is 14.6. The topological polar surface area (TPSA) is 85.8 Å². The Labute approximate surface area is 194 Å². The van der Waals surface area contributed by atoms with Gasteiger partial charge in [-0.3, -0.25) is 9.79 Å². The van der Waals surface area contributed by atoms with E-state index >= 15 is 0 Å². The van der Waals surface area contributed by atoms with Crippen LogP contribution < -0.4 is 16.0 Å². The number of hydrogen-bond acceptors (Lipinski definition) is 3. The zero-order chi connectivity index (χ0) is 20.1. The molecular weight excluding hydrogens is 535 g/mol. The second kappa shape index (κ2) is 15.0. The first kappa shape index (κ1) is 27.1. The molecule has 0 aliphatic rings. The Morgan fingerprint density at radius 1 is 1.14 bits per heavy atom. The molecule has 0 saturated heterocycles. The van der Waals surface area contributed by atoms with E-state index in [1.807, 2.05) is 31.2 Å². The van der Waals surface area contributed by atoms with Crippen LogP contribution in [0.25, 0.3) is 0 Å². The van der Waals surface area contributed by atoms with Crippen molar-refractivity contribution >= 4 is 57.5 Å². The number of halogens is 2. The molecule has 0 aromatic heterocycles. The second-order valence-corrected chi connectivity index (χ2v) is 7.52. The largest absolute Gasteiger partial charge is 0.396 e. The van der Waals surface area contributed by atoms with E-state index in [0.717, 1.165) is 36.0 Å². The Morgan fingerprint density at radius 3 is 2.32 bits per heavy atom. The molecule has 160 valence electrons. The molecule has 28 heavy (non-hydrogen) atoms. The summed E-state index contributed by atoms with van der Waals surface area (Å²) >= 11 is 3.38. The second-order valence-electron chi connectivity index (χ2n) is 6.61. The molecule has 1 rings (SSSR count). The molecule has 0 fully saturated rings. The van der Waals surface area contributed by atoms with Gasteiger partial charge >= 0.3 is 0 Å². The van der Waals surface area contributed by atoms with Crippen molar-refractivity contribution in [2.24, 2.45) is 10.4 Å². The molecule has 0 radical (unpaired) electrons. The number of carbonyl (C=O) groups is 1. The number of nitrogens with zero attached hydrogens (tertiary/aromatic N) is 1. The van der Waals surface area contributed by atoms with Crippen LogP contribution in [-0.4, -0.2) is 43.2 Å². The number of aliphatic hydroxyl groups is 1. The highest BCUT2D eigenvalue weighted by Gasteiger charge is 2.25. The van der Waals surface area contributed by atoms with Gasteiger partial charge in [-0.1, -0.05) is 29.8 Å². The molecule has 0 heterocycles. The highest BCUT2D eigenvalue weighted by Crippen LogP contribution is 2.30. The van der Waals surface area contributed by atoms with Crippen molar-refractivity contribution in [2.45, 2.75) is 46.5 Å². The van der Waals surface area contributed by atoms with Gasteiger partial charge in [-0.15, -0.1) is 24.0 Å². The van der Waals surface area contributed by atoms with Crippen LogP contribution in [-0.2, 0) is 4.79 Å². The van der Waals surface area contributed by atoms with Gasteiger partial charge in [0.1, 0.15) is 0 Å². The summed E-state index contributed by atoms with van der Waals surface area (Å²) in [6.07, 6.45) is 3.05. The number of guanidine groups is 1. The van der Waals surface area contributed by atoms with Gasteiger partial charge in [0.2, 0.25) is 5.91 Å². The molecule has 0 aliphatic heterocycles. The van der Waals surface area contributed by atoms with Gasteiger partial charge < -0.3 is 21.1 Å².